The Labute approximate surface area is 135 Å². The van der Waals surface area contributed by atoms with Gasteiger partial charge in [-0.05, 0) is 41.7 Å². The Morgan fingerprint density at radius 1 is 0.913 bits per heavy atom. The van der Waals surface area contributed by atoms with Crippen LogP contribution in [0.3, 0.4) is 0 Å². The molecule has 0 saturated heterocycles. The molecule has 0 spiro atoms. The summed E-state index contributed by atoms with van der Waals surface area (Å²) in [6, 6.07) is 14.0. The number of aliphatic hydroxyl groups is 2. The molecule has 0 radical (unpaired) electrons. The average Bonchev–Trinajstić information content (AvgIpc) is 2.59. The minimum absolute atomic E-state index is 0.0728. The highest BCUT2D eigenvalue weighted by atomic mass is 16.6. The lowest BCUT2D eigenvalue weighted by atomic mass is 9.99. The summed E-state index contributed by atoms with van der Waals surface area (Å²) in [6.07, 6.45) is 2.74. The molecule has 0 amide bonds. The van der Waals surface area contributed by atoms with Crippen molar-refractivity contribution in [3.8, 4) is 11.1 Å². The van der Waals surface area contributed by atoms with Crippen LogP contribution in [0, 0.1) is 10.1 Å². The third kappa shape index (κ3) is 4.87. The largest absolute Gasteiger partial charge is 0.396 e. The second kappa shape index (κ2) is 8.41. The number of unbranched alkanes of at least 4 members (excludes halogenated alkanes) is 2. The molecule has 0 bridgehead atoms. The van der Waals surface area contributed by atoms with E-state index >= 15 is 0 Å². The van der Waals surface area contributed by atoms with E-state index in [1.165, 1.54) is 12.1 Å². The Morgan fingerprint density at radius 2 is 1.48 bits per heavy atom. The third-order valence-corrected chi connectivity index (χ3v) is 3.84. The molecule has 5 heteroatoms. The van der Waals surface area contributed by atoms with Crippen molar-refractivity contribution in [3.63, 3.8) is 0 Å². The first-order chi connectivity index (χ1) is 11.1. The van der Waals surface area contributed by atoms with Gasteiger partial charge >= 0.3 is 0 Å². The molecule has 2 aromatic rings. The van der Waals surface area contributed by atoms with Crippen LogP contribution in [0.1, 0.15) is 37.4 Å². The first-order valence-electron chi connectivity index (χ1n) is 7.75. The third-order valence-electron chi connectivity index (χ3n) is 3.84. The highest BCUT2D eigenvalue weighted by Crippen LogP contribution is 2.26. The van der Waals surface area contributed by atoms with Crippen LogP contribution in [0.4, 0.5) is 5.69 Å². The van der Waals surface area contributed by atoms with E-state index in [0.717, 1.165) is 36.0 Å². The Hall–Kier alpha value is -2.24. The lowest BCUT2D eigenvalue weighted by Gasteiger charge is -2.11. The first-order valence-corrected chi connectivity index (χ1v) is 7.75. The van der Waals surface area contributed by atoms with Crippen molar-refractivity contribution in [3.05, 3.63) is 64.2 Å². The highest BCUT2D eigenvalue weighted by molar-refractivity contribution is 5.65. The minimum Gasteiger partial charge on any atom is -0.396 e. The van der Waals surface area contributed by atoms with E-state index < -0.39 is 11.0 Å². The van der Waals surface area contributed by atoms with Gasteiger partial charge in [0.25, 0.3) is 5.69 Å². The number of nitrogens with zero attached hydrogens (tertiary/aromatic N) is 1. The number of non-ortho nitro benzene ring substituents is 1. The Bertz CT molecular complexity index is 622. The zero-order valence-corrected chi connectivity index (χ0v) is 12.9. The van der Waals surface area contributed by atoms with Gasteiger partial charge in [0.05, 0.1) is 11.0 Å². The van der Waals surface area contributed by atoms with Gasteiger partial charge in [-0.3, -0.25) is 10.1 Å². The summed E-state index contributed by atoms with van der Waals surface area (Å²) < 4.78 is 0. The highest BCUT2D eigenvalue weighted by Gasteiger charge is 2.09. The maximum Gasteiger partial charge on any atom is 0.269 e. The summed E-state index contributed by atoms with van der Waals surface area (Å²) in [6.45, 7) is 0.194. The van der Waals surface area contributed by atoms with Crippen molar-refractivity contribution in [1.82, 2.24) is 0 Å². The van der Waals surface area contributed by atoms with Crippen molar-refractivity contribution >= 4 is 5.69 Å². The molecule has 23 heavy (non-hydrogen) atoms. The molecule has 2 aromatic carbocycles. The number of nitro benzene ring substituents is 1. The molecule has 0 aliphatic carbocycles. The molecule has 0 saturated carbocycles. The van der Waals surface area contributed by atoms with Crippen molar-refractivity contribution in [2.75, 3.05) is 6.61 Å². The lowest BCUT2D eigenvalue weighted by molar-refractivity contribution is -0.384. The molecule has 0 fully saturated rings. The Balaban J connectivity index is 1.99. The number of benzene rings is 2. The fourth-order valence-electron chi connectivity index (χ4n) is 2.47. The molecule has 1 unspecified atom stereocenters. The van der Waals surface area contributed by atoms with Crippen molar-refractivity contribution in [2.45, 2.75) is 31.8 Å². The summed E-state index contributed by atoms with van der Waals surface area (Å²) >= 11 is 0. The maximum atomic E-state index is 10.7. The van der Waals surface area contributed by atoms with Gasteiger partial charge in [0.2, 0.25) is 0 Å². The van der Waals surface area contributed by atoms with Gasteiger partial charge in [0.1, 0.15) is 0 Å². The smallest absolute Gasteiger partial charge is 0.269 e. The average molecular weight is 315 g/mol. The molecule has 1 atom stereocenters. The maximum absolute atomic E-state index is 10.7. The summed E-state index contributed by atoms with van der Waals surface area (Å²) in [5.41, 5.74) is 2.79. The Morgan fingerprint density at radius 3 is 2.00 bits per heavy atom. The molecule has 5 nitrogen and oxygen atoms in total. The van der Waals surface area contributed by atoms with Gasteiger partial charge in [-0.25, -0.2) is 0 Å². The molecular formula is C18H21NO4. The summed E-state index contributed by atoms with van der Waals surface area (Å²) in [7, 11) is 0. The number of rotatable bonds is 8. The zero-order chi connectivity index (χ0) is 16.7. The quantitative estimate of drug-likeness (QED) is 0.440. The van der Waals surface area contributed by atoms with E-state index in [2.05, 4.69) is 0 Å². The van der Waals surface area contributed by atoms with Crippen LogP contribution < -0.4 is 0 Å². The van der Waals surface area contributed by atoms with Gasteiger partial charge in [-0.2, -0.15) is 0 Å². The number of aliphatic hydroxyl groups excluding tert-OH is 2. The summed E-state index contributed by atoms with van der Waals surface area (Å²) in [5.74, 6) is 0. The van der Waals surface area contributed by atoms with E-state index in [0.29, 0.717) is 6.42 Å². The molecule has 122 valence electrons. The predicted octanol–water partition coefficient (Wildman–Crippen LogP) is 3.85. The van der Waals surface area contributed by atoms with E-state index in [1.54, 1.807) is 12.1 Å². The molecule has 0 aliphatic heterocycles. The van der Waals surface area contributed by atoms with Gasteiger partial charge in [-0.1, -0.05) is 37.1 Å². The van der Waals surface area contributed by atoms with Crippen molar-refractivity contribution in [2.24, 2.45) is 0 Å². The van der Waals surface area contributed by atoms with Crippen LogP contribution in [-0.4, -0.2) is 21.7 Å². The van der Waals surface area contributed by atoms with E-state index in [9.17, 15) is 15.2 Å². The molecular weight excluding hydrogens is 294 g/mol. The normalized spacial score (nSPS) is 12.1. The van der Waals surface area contributed by atoms with Gasteiger partial charge < -0.3 is 10.2 Å². The fourth-order valence-corrected chi connectivity index (χ4v) is 2.47. The molecule has 0 aliphatic rings. The van der Waals surface area contributed by atoms with Crippen LogP contribution in [0.5, 0.6) is 0 Å². The second-order valence-corrected chi connectivity index (χ2v) is 5.51. The molecule has 0 heterocycles. The van der Waals surface area contributed by atoms with Crippen LogP contribution in [-0.2, 0) is 0 Å². The van der Waals surface area contributed by atoms with E-state index in [-0.39, 0.29) is 12.3 Å². The lowest BCUT2D eigenvalue weighted by Crippen LogP contribution is -1.97. The summed E-state index contributed by atoms with van der Waals surface area (Å²) in [5, 5.41) is 29.5. The number of nitro groups is 1. The second-order valence-electron chi connectivity index (χ2n) is 5.51. The van der Waals surface area contributed by atoms with Crippen molar-refractivity contribution < 1.29 is 15.1 Å². The SMILES string of the molecule is O=[N+]([O-])c1ccc(-c2ccc(C(O)CCCCCO)cc2)cc1. The standard InChI is InChI=1S/C18H21NO4/c20-13-3-1-2-4-18(21)16-7-5-14(6-8-16)15-9-11-17(12-10-15)19(22)23/h5-12,18,20-21H,1-4,13H2. The van der Waals surface area contributed by atoms with Gasteiger partial charge in [0, 0.05) is 18.7 Å². The topological polar surface area (TPSA) is 83.6 Å². The first kappa shape index (κ1) is 17.1. The monoisotopic (exact) mass is 315 g/mol. The number of hydrogen-bond donors (Lipinski definition) is 2. The van der Waals surface area contributed by atoms with Crippen LogP contribution >= 0.6 is 0 Å². The fraction of sp³-hybridized carbons (Fsp3) is 0.333. The molecule has 2 rings (SSSR count). The molecule has 0 aromatic heterocycles. The Kier molecular flexibility index (Phi) is 6.26. The van der Waals surface area contributed by atoms with Crippen LogP contribution in [0.15, 0.2) is 48.5 Å². The van der Waals surface area contributed by atoms with E-state index in [4.69, 9.17) is 5.11 Å². The van der Waals surface area contributed by atoms with Gasteiger partial charge in [0.15, 0.2) is 0 Å². The van der Waals surface area contributed by atoms with Crippen molar-refractivity contribution in [1.29, 1.82) is 0 Å². The van der Waals surface area contributed by atoms with Crippen LogP contribution in [0.25, 0.3) is 11.1 Å². The van der Waals surface area contributed by atoms with E-state index in [1.807, 2.05) is 24.3 Å². The predicted molar refractivity (Wildman–Crippen MR) is 89.0 cm³/mol. The van der Waals surface area contributed by atoms with Gasteiger partial charge in [-0.15, -0.1) is 0 Å². The number of hydrogen-bond acceptors (Lipinski definition) is 4. The zero-order valence-electron chi connectivity index (χ0n) is 12.9. The molecule has 2 N–H and O–H groups in total. The minimum atomic E-state index is -0.500. The van der Waals surface area contributed by atoms with Crippen LogP contribution in [0.2, 0.25) is 0 Å². The summed E-state index contributed by atoms with van der Waals surface area (Å²) in [4.78, 5) is 10.2.